The number of fused-ring (bicyclic) bond motifs is 1. The number of methoxy groups -OCH3 is 1. The first kappa shape index (κ1) is 18.2. The molecule has 0 amide bonds. The predicted molar refractivity (Wildman–Crippen MR) is 110 cm³/mol. The quantitative estimate of drug-likeness (QED) is 0.716. The van der Waals surface area contributed by atoms with Crippen molar-refractivity contribution in [1.82, 2.24) is 0 Å². The molecule has 3 aromatic rings. The van der Waals surface area contributed by atoms with Crippen LogP contribution in [0.1, 0.15) is 37.1 Å². The molecular formula is C23H25N3O2. The van der Waals surface area contributed by atoms with Crippen LogP contribution in [0.2, 0.25) is 0 Å². The van der Waals surface area contributed by atoms with Gasteiger partial charge < -0.3 is 19.8 Å². The van der Waals surface area contributed by atoms with Crippen LogP contribution in [0.5, 0.6) is 5.75 Å². The number of hydrogen-bond acceptors (Lipinski definition) is 5. The summed E-state index contributed by atoms with van der Waals surface area (Å²) in [6.45, 7) is 2.21. The third kappa shape index (κ3) is 3.36. The molecular weight excluding hydrogens is 350 g/mol. The molecule has 1 aliphatic heterocycles. The number of nitrogens with two attached hydrogens (primary N) is 1. The number of aryl methyl sites for hydroxylation is 1. The molecule has 4 rings (SSSR count). The molecule has 0 saturated heterocycles. The van der Waals surface area contributed by atoms with Gasteiger partial charge >= 0.3 is 0 Å². The fraction of sp³-hybridized carbons (Fsp3) is 0.261. The molecule has 2 heterocycles. The molecule has 1 aromatic heterocycles. The SMILES string of the molecule is CCCCc1ccc(N2C(N)=c3ccoc3=NC2c2ccc(OC)cc2)cc1. The fourth-order valence-electron chi connectivity index (χ4n) is 3.51. The van der Waals surface area contributed by atoms with Crippen LogP contribution in [-0.2, 0) is 6.42 Å². The van der Waals surface area contributed by atoms with Crippen molar-refractivity contribution >= 4 is 11.5 Å². The molecule has 0 saturated carbocycles. The zero-order valence-corrected chi connectivity index (χ0v) is 16.3. The third-order valence-electron chi connectivity index (χ3n) is 5.11. The number of benzene rings is 2. The van der Waals surface area contributed by atoms with Crippen molar-refractivity contribution in [2.75, 3.05) is 12.0 Å². The van der Waals surface area contributed by atoms with Gasteiger partial charge in [-0.2, -0.15) is 0 Å². The normalized spacial score (nSPS) is 15.9. The summed E-state index contributed by atoms with van der Waals surface area (Å²) < 4.78 is 10.8. The summed E-state index contributed by atoms with van der Waals surface area (Å²) in [5, 5.41) is 0.819. The Hall–Kier alpha value is -3.21. The van der Waals surface area contributed by atoms with Crippen LogP contribution in [0.15, 0.2) is 70.3 Å². The fourth-order valence-corrected chi connectivity index (χ4v) is 3.51. The van der Waals surface area contributed by atoms with Crippen LogP contribution < -0.4 is 26.1 Å². The number of ether oxygens (including phenoxy) is 1. The van der Waals surface area contributed by atoms with E-state index in [2.05, 4.69) is 36.1 Å². The van der Waals surface area contributed by atoms with Gasteiger partial charge in [0.2, 0.25) is 5.55 Å². The summed E-state index contributed by atoms with van der Waals surface area (Å²) in [4.78, 5) is 6.89. The average Bonchev–Trinajstić information content (AvgIpc) is 3.22. The number of furan rings is 1. The largest absolute Gasteiger partial charge is 0.497 e. The first-order chi connectivity index (χ1) is 13.7. The second kappa shape index (κ2) is 7.80. The lowest BCUT2D eigenvalue weighted by molar-refractivity contribution is 0.414. The molecule has 5 nitrogen and oxygen atoms in total. The summed E-state index contributed by atoms with van der Waals surface area (Å²) in [6, 6.07) is 18.3. The van der Waals surface area contributed by atoms with Crippen molar-refractivity contribution in [3.63, 3.8) is 0 Å². The van der Waals surface area contributed by atoms with Crippen molar-refractivity contribution in [2.24, 2.45) is 10.7 Å². The van der Waals surface area contributed by atoms with Gasteiger partial charge in [-0.05, 0) is 54.3 Å². The van der Waals surface area contributed by atoms with Crippen molar-refractivity contribution < 1.29 is 9.15 Å². The smallest absolute Gasteiger partial charge is 0.227 e. The van der Waals surface area contributed by atoms with Crippen molar-refractivity contribution in [3.05, 3.63) is 82.8 Å². The second-order valence-electron chi connectivity index (χ2n) is 6.94. The molecule has 0 bridgehead atoms. The minimum Gasteiger partial charge on any atom is -0.497 e. The number of rotatable bonds is 6. The average molecular weight is 375 g/mol. The summed E-state index contributed by atoms with van der Waals surface area (Å²) in [6.07, 6.45) is 4.80. The third-order valence-corrected chi connectivity index (χ3v) is 5.11. The van der Waals surface area contributed by atoms with Gasteiger partial charge in [-0.3, -0.25) is 0 Å². The van der Waals surface area contributed by atoms with E-state index in [1.165, 1.54) is 18.4 Å². The van der Waals surface area contributed by atoms with Gasteiger partial charge in [0, 0.05) is 5.69 Å². The van der Waals surface area contributed by atoms with Crippen LogP contribution in [0.3, 0.4) is 0 Å². The van der Waals surface area contributed by atoms with E-state index in [0.29, 0.717) is 11.4 Å². The maximum atomic E-state index is 6.57. The Balaban J connectivity index is 1.77. The van der Waals surface area contributed by atoms with Crippen molar-refractivity contribution in [3.8, 4) is 5.75 Å². The van der Waals surface area contributed by atoms with E-state index >= 15 is 0 Å². The second-order valence-corrected chi connectivity index (χ2v) is 6.94. The molecule has 144 valence electrons. The number of anilines is 1. The molecule has 2 N–H and O–H groups in total. The first-order valence-corrected chi connectivity index (χ1v) is 9.64. The van der Waals surface area contributed by atoms with Gasteiger partial charge in [0.25, 0.3) is 0 Å². The van der Waals surface area contributed by atoms with Crippen LogP contribution in [0.4, 0.5) is 5.69 Å². The number of hydrogen-bond donors (Lipinski definition) is 1. The lowest BCUT2D eigenvalue weighted by Gasteiger charge is -2.33. The van der Waals surface area contributed by atoms with E-state index in [9.17, 15) is 0 Å². The Kier molecular flexibility index (Phi) is 5.06. The van der Waals surface area contributed by atoms with Gasteiger partial charge in [0.1, 0.15) is 11.6 Å². The Labute approximate surface area is 164 Å². The number of unbranched alkanes of at least 4 members (excludes halogenated alkanes) is 1. The highest BCUT2D eigenvalue weighted by molar-refractivity contribution is 5.68. The molecule has 1 aliphatic rings. The van der Waals surface area contributed by atoms with E-state index < -0.39 is 0 Å². The predicted octanol–water partition coefficient (Wildman–Crippen LogP) is 3.49. The van der Waals surface area contributed by atoms with E-state index in [1.807, 2.05) is 30.3 Å². The zero-order chi connectivity index (χ0) is 19.5. The van der Waals surface area contributed by atoms with Crippen LogP contribution in [0.25, 0.3) is 5.82 Å². The molecule has 0 spiro atoms. The summed E-state index contributed by atoms with van der Waals surface area (Å²) in [5.41, 5.74) is 10.5. The maximum absolute atomic E-state index is 6.57. The van der Waals surface area contributed by atoms with Crippen LogP contribution >= 0.6 is 0 Å². The summed E-state index contributed by atoms with van der Waals surface area (Å²) in [5.74, 6) is 1.45. The highest BCUT2D eigenvalue weighted by Gasteiger charge is 2.27. The minimum absolute atomic E-state index is 0.300. The highest BCUT2D eigenvalue weighted by Crippen LogP contribution is 2.32. The lowest BCUT2D eigenvalue weighted by atomic mass is 10.1. The maximum Gasteiger partial charge on any atom is 0.227 e. The molecule has 28 heavy (non-hydrogen) atoms. The van der Waals surface area contributed by atoms with E-state index in [4.69, 9.17) is 19.9 Å². The molecule has 0 aliphatic carbocycles. The standard InChI is InChI=1S/C23H25N3O2/c1-3-4-5-16-6-10-18(11-7-16)26-21(24)20-14-15-28-23(20)25-22(26)17-8-12-19(27-2)13-9-17/h6-15,22H,3-5,24H2,1-2H3. The van der Waals surface area contributed by atoms with Crippen molar-refractivity contribution in [2.45, 2.75) is 32.4 Å². The van der Waals surface area contributed by atoms with E-state index in [1.54, 1.807) is 13.4 Å². The molecule has 0 fully saturated rings. The molecule has 2 aromatic carbocycles. The molecule has 1 unspecified atom stereocenters. The van der Waals surface area contributed by atoms with E-state index in [0.717, 1.165) is 28.6 Å². The number of nitrogens with zero attached hydrogens (tertiary/aromatic N) is 2. The Morgan fingerprint density at radius 2 is 1.82 bits per heavy atom. The minimum atomic E-state index is -0.300. The monoisotopic (exact) mass is 375 g/mol. The molecule has 1 atom stereocenters. The Morgan fingerprint density at radius 1 is 1.07 bits per heavy atom. The summed E-state index contributed by atoms with van der Waals surface area (Å²) >= 11 is 0. The molecule has 5 heteroatoms. The van der Waals surface area contributed by atoms with Crippen molar-refractivity contribution in [1.29, 1.82) is 0 Å². The van der Waals surface area contributed by atoms with Gasteiger partial charge in [0.15, 0.2) is 6.17 Å². The Bertz CT molecular complexity index is 1050. The van der Waals surface area contributed by atoms with Crippen LogP contribution in [0, 0.1) is 0 Å². The topological polar surface area (TPSA) is 64.0 Å². The van der Waals surface area contributed by atoms with E-state index in [-0.39, 0.29) is 6.17 Å². The molecule has 0 radical (unpaired) electrons. The van der Waals surface area contributed by atoms with Gasteiger partial charge in [0.05, 0.1) is 18.6 Å². The van der Waals surface area contributed by atoms with Gasteiger partial charge in [-0.15, -0.1) is 0 Å². The van der Waals surface area contributed by atoms with Crippen LogP contribution in [-0.4, -0.2) is 7.11 Å². The van der Waals surface area contributed by atoms with Gasteiger partial charge in [-0.1, -0.05) is 37.6 Å². The first-order valence-electron chi connectivity index (χ1n) is 9.64. The lowest BCUT2D eigenvalue weighted by Crippen LogP contribution is -2.43. The highest BCUT2D eigenvalue weighted by atomic mass is 16.5. The summed E-state index contributed by atoms with van der Waals surface area (Å²) in [7, 11) is 1.66. The van der Waals surface area contributed by atoms with Gasteiger partial charge in [-0.25, -0.2) is 4.99 Å². The zero-order valence-electron chi connectivity index (χ0n) is 16.3. The Morgan fingerprint density at radius 3 is 2.50 bits per heavy atom.